The van der Waals surface area contributed by atoms with Crippen LogP contribution in [0.5, 0.6) is 0 Å². The van der Waals surface area contributed by atoms with Crippen LogP contribution in [-0.2, 0) is 18.1 Å². The van der Waals surface area contributed by atoms with Gasteiger partial charge in [0.05, 0.1) is 0 Å². The van der Waals surface area contributed by atoms with Gasteiger partial charge in [0.25, 0.3) is 0 Å². The second-order valence-electron chi connectivity index (χ2n) is 0.995. The van der Waals surface area contributed by atoms with Crippen LogP contribution < -0.4 is 0 Å². The maximum absolute atomic E-state index is 10.7. The first-order chi connectivity index (χ1) is 3.68. The van der Waals surface area contributed by atoms with Crippen molar-refractivity contribution in [2.24, 2.45) is 0 Å². The molecule has 4 nitrogen and oxygen atoms in total. The van der Waals surface area contributed by atoms with Gasteiger partial charge in [-0.15, -0.1) is 0 Å². The molecule has 0 spiro atoms. The van der Waals surface area contributed by atoms with Crippen molar-refractivity contribution in [3.8, 4) is 0 Å². The predicted octanol–water partition coefficient (Wildman–Crippen LogP) is 0.385. The van der Waals surface area contributed by atoms with Gasteiger partial charge in [-0.25, -0.2) is 4.57 Å². The quantitative estimate of drug-likeness (QED) is 0.447. The van der Waals surface area contributed by atoms with Crippen LogP contribution in [0, 0.1) is 0 Å². The van der Waals surface area contributed by atoms with Gasteiger partial charge in [0.2, 0.25) is 0 Å². The summed E-state index contributed by atoms with van der Waals surface area (Å²) in [5, 5.41) is 0. The minimum absolute atomic E-state index is 0. The maximum atomic E-state index is 10.7. The molecule has 0 aliphatic heterocycles. The average Bonchev–Trinajstić information content (AvgIpc) is 1.87. The van der Waals surface area contributed by atoms with Crippen LogP contribution in [0.15, 0.2) is 0 Å². The summed E-state index contributed by atoms with van der Waals surface area (Å²) in [6.07, 6.45) is 0. The summed E-state index contributed by atoms with van der Waals surface area (Å²) in [7, 11) is 0.611. The van der Waals surface area contributed by atoms with Crippen molar-refractivity contribution in [1.29, 1.82) is 0 Å². The third-order valence-electron chi connectivity index (χ3n) is 0.671. The molecule has 0 heterocycles. The molecule has 0 amide bonds. The Bertz CT molecular complexity index is 87.0. The third kappa shape index (κ3) is 4.51. The minimum atomic E-state index is -3.16. The normalized spacial score (nSPS) is 10.6. The van der Waals surface area contributed by atoms with Crippen LogP contribution in [-0.4, -0.2) is 50.9 Å². The number of hydrogen-bond acceptors (Lipinski definition) is 4. The topological polar surface area (TPSA) is 44.8 Å². The Hall–Kier alpha value is 1.11. The molecular weight excluding hydrogens is 154 g/mol. The van der Waals surface area contributed by atoms with Gasteiger partial charge in [-0.05, 0) is 0 Å². The molecule has 0 unspecified atom stereocenters. The molecule has 0 saturated heterocycles. The molecule has 0 bridgehead atoms. The Kier molecular flexibility index (Phi) is 8.31. The number of hydrogen-bond donors (Lipinski definition) is 0. The van der Waals surface area contributed by atoms with E-state index >= 15 is 0 Å². The van der Waals surface area contributed by atoms with Crippen LogP contribution in [0.4, 0.5) is 0 Å². The zero-order valence-electron chi connectivity index (χ0n) is 5.08. The molecule has 0 atom stereocenters. The summed E-state index contributed by atoms with van der Waals surface area (Å²) in [5.74, 6) is 0. The Labute approximate surface area is 76.8 Å². The first kappa shape index (κ1) is 12.8. The Morgan fingerprint density at radius 2 is 1.22 bits per heavy atom. The van der Waals surface area contributed by atoms with E-state index in [2.05, 4.69) is 13.6 Å². The Morgan fingerprint density at radius 3 is 1.22 bits per heavy atom. The van der Waals surface area contributed by atoms with Gasteiger partial charge < -0.3 is 0 Å². The van der Waals surface area contributed by atoms with Crippen molar-refractivity contribution in [2.45, 2.75) is 0 Å². The monoisotopic (exact) mass is 164 g/mol. The number of phosphoric ester groups is 1. The van der Waals surface area contributed by atoms with E-state index in [1.165, 1.54) is 21.3 Å². The van der Waals surface area contributed by atoms with Crippen molar-refractivity contribution in [3.05, 3.63) is 0 Å². The molecule has 0 rings (SSSR count). The van der Waals surface area contributed by atoms with Crippen molar-refractivity contribution in [1.82, 2.24) is 0 Å². The van der Waals surface area contributed by atoms with Gasteiger partial charge in [0.1, 0.15) is 0 Å². The third-order valence-corrected chi connectivity index (χ3v) is 2.01. The standard InChI is InChI=1S/C3H9O4P.Na.H/c1-5-8(4,6-2)7-3;;/h1-3H3;;. The van der Waals surface area contributed by atoms with Crippen molar-refractivity contribution >= 4 is 37.4 Å². The Balaban J connectivity index is 0. The average molecular weight is 164 g/mol. The van der Waals surface area contributed by atoms with Crippen molar-refractivity contribution in [3.63, 3.8) is 0 Å². The van der Waals surface area contributed by atoms with Crippen LogP contribution in [0.1, 0.15) is 0 Å². The van der Waals surface area contributed by atoms with Gasteiger partial charge in [-0.3, -0.25) is 13.6 Å². The molecule has 0 N–H and O–H groups in total. The molecule has 0 saturated carbocycles. The van der Waals surface area contributed by atoms with E-state index in [1.54, 1.807) is 0 Å². The van der Waals surface area contributed by atoms with Crippen LogP contribution in [0.2, 0.25) is 0 Å². The molecule has 0 fully saturated rings. The molecule has 0 aliphatic carbocycles. The van der Waals surface area contributed by atoms with Crippen LogP contribution in [0.3, 0.4) is 0 Å². The van der Waals surface area contributed by atoms with Crippen molar-refractivity contribution < 1.29 is 18.1 Å². The van der Waals surface area contributed by atoms with Gasteiger partial charge in [-0.1, -0.05) is 0 Å². The number of rotatable bonds is 3. The van der Waals surface area contributed by atoms with Gasteiger partial charge in [0, 0.05) is 21.3 Å². The zero-order valence-corrected chi connectivity index (χ0v) is 5.97. The van der Waals surface area contributed by atoms with E-state index in [0.29, 0.717) is 0 Å². The van der Waals surface area contributed by atoms with E-state index in [4.69, 9.17) is 0 Å². The second-order valence-corrected chi connectivity index (χ2v) is 2.98. The van der Waals surface area contributed by atoms with Crippen LogP contribution in [0.25, 0.3) is 0 Å². The fourth-order valence-corrected chi connectivity index (χ4v) is 0.671. The van der Waals surface area contributed by atoms with Crippen LogP contribution >= 0.6 is 7.82 Å². The first-order valence-electron chi connectivity index (χ1n) is 1.96. The van der Waals surface area contributed by atoms with E-state index in [1.807, 2.05) is 0 Å². The van der Waals surface area contributed by atoms with Gasteiger partial charge in [-0.2, -0.15) is 0 Å². The summed E-state index contributed by atoms with van der Waals surface area (Å²) in [6.45, 7) is 0. The number of phosphoric acid groups is 1. The molecule has 0 aromatic rings. The SMILES string of the molecule is COP(=O)(OC)OC.[NaH]. The molecule has 9 heavy (non-hydrogen) atoms. The fourth-order valence-electron chi connectivity index (χ4n) is 0.224. The zero-order chi connectivity index (χ0) is 6.62. The van der Waals surface area contributed by atoms with E-state index in [0.717, 1.165) is 0 Å². The van der Waals surface area contributed by atoms with Gasteiger partial charge in [0.15, 0.2) is 0 Å². The molecule has 0 aromatic heterocycles. The van der Waals surface area contributed by atoms with E-state index < -0.39 is 7.82 Å². The molecule has 52 valence electrons. The molecule has 0 aromatic carbocycles. The van der Waals surface area contributed by atoms with Gasteiger partial charge >= 0.3 is 37.4 Å². The van der Waals surface area contributed by atoms with Crippen molar-refractivity contribution in [2.75, 3.05) is 21.3 Å². The summed E-state index contributed by atoms with van der Waals surface area (Å²) in [5.41, 5.74) is 0. The summed E-state index contributed by atoms with van der Waals surface area (Å²) in [4.78, 5) is 0. The van der Waals surface area contributed by atoms with E-state index in [-0.39, 0.29) is 29.6 Å². The fraction of sp³-hybridized carbons (Fsp3) is 1.00. The Morgan fingerprint density at radius 1 is 1.00 bits per heavy atom. The molecule has 0 radical (unpaired) electrons. The second kappa shape index (κ2) is 5.86. The first-order valence-corrected chi connectivity index (χ1v) is 3.42. The molecule has 6 heteroatoms. The predicted molar refractivity (Wildman–Crippen MR) is 35.8 cm³/mol. The summed E-state index contributed by atoms with van der Waals surface area (Å²) < 4.78 is 23.7. The van der Waals surface area contributed by atoms with E-state index in [9.17, 15) is 4.57 Å². The summed E-state index contributed by atoms with van der Waals surface area (Å²) >= 11 is 0. The molecule has 0 aliphatic rings. The summed E-state index contributed by atoms with van der Waals surface area (Å²) in [6, 6.07) is 0. The molecular formula is C3H10NaO4P.